The highest BCUT2D eigenvalue weighted by atomic mass is 16.8. The number of carbonyl (C=O) groups is 2. The van der Waals surface area contributed by atoms with Gasteiger partial charge >= 0.3 is 12.1 Å². The van der Waals surface area contributed by atoms with Crippen molar-refractivity contribution in [2.45, 2.75) is 58.0 Å². The van der Waals surface area contributed by atoms with Crippen LogP contribution in [-0.4, -0.2) is 50.1 Å². The fourth-order valence-electron chi connectivity index (χ4n) is 4.97. The number of ether oxygens (including phenoxy) is 3. The number of rotatable bonds is 10. The van der Waals surface area contributed by atoms with Crippen LogP contribution >= 0.6 is 0 Å². The molecule has 1 atom stereocenters. The van der Waals surface area contributed by atoms with Gasteiger partial charge in [0.1, 0.15) is 11.8 Å². The van der Waals surface area contributed by atoms with E-state index in [0.717, 1.165) is 54.4 Å². The molecule has 45 heavy (non-hydrogen) atoms. The second kappa shape index (κ2) is 15.8. The summed E-state index contributed by atoms with van der Waals surface area (Å²) in [6, 6.07) is 19.3. The molecule has 13 heteroatoms. The normalized spacial score (nSPS) is 13.4. The number of esters is 1. The van der Waals surface area contributed by atoms with Crippen LogP contribution in [-0.2, 0) is 20.8 Å². The van der Waals surface area contributed by atoms with E-state index in [-0.39, 0.29) is 29.6 Å². The average molecular weight is 615 g/mol. The molecule has 5 rings (SSSR count). The number of benzene rings is 3. The van der Waals surface area contributed by atoms with Crippen LogP contribution in [0.5, 0.6) is 0 Å². The maximum Gasteiger partial charge on any atom is 0.511 e. The molecule has 0 amide bonds. The van der Waals surface area contributed by atoms with Gasteiger partial charge < -0.3 is 19.5 Å². The fraction of sp³-hybridized carbons (Fsp3) is 0.281. The Hall–Kier alpha value is -5.59. The minimum absolute atomic E-state index is 0.0130. The molecule has 234 valence electrons. The summed E-state index contributed by atoms with van der Waals surface area (Å²) in [5.41, 5.74) is 3.05. The first-order chi connectivity index (χ1) is 21.9. The Morgan fingerprint density at radius 1 is 1.00 bits per heavy atom. The number of anilines is 1. The van der Waals surface area contributed by atoms with E-state index in [2.05, 4.69) is 39.1 Å². The summed E-state index contributed by atoms with van der Waals surface area (Å²) in [7, 11) is 0. The molecule has 4 aromatic rings. The van der Waals surface area contributed by atoms with Crippen LogP contribution in [0.25, 0.3) is 22.5 Å². The van der Waals surface area contributed by atoms with Gasteiger partial charge in [0.05, 0.1) is 10.5 Å². The molecular formula is C32H34N6O7. The van der Waals surface area contributed by atoms with Crippen molar-refractivity contribution in [1.29, 1.82) is 0 Å². The Morgan fingerprint density at radius 2 is 1.71 bits per heavy atom. The number of nitrogens with one attached hydrogen (secondary N) is 2. The molecule has 1 aromatic heterocycles. The van der Waals surface area contributed by atoms with Crippen molar-refractivity contribution < 1.29 is 28.7 Å². The van der Waals surface area contributed by atoms with Crippen LogP contribution in [0.15, 0.2) is 79.9 Å². The third kappa shape index (κ3) is 8.50. The van der Waals surface area contributed by atoms with Crippen LogP contribution in [0.3, 0.4) is 0 Å². The van der Waals surface area contributed by atoms with E-state index in [1.807, 2.05) is 48.5 Å². The van der Waals surface area contributed by atoms with Crippen molar-refractivity contribution in [3.63, 3.8) is 0 Å². The summed E-state index contributed by atoms with van der Waals surface area (Å²) in [6.07, 6.45) is 2.18. The molecule has 3 aromatic carbocycles. The van der Waals surface area contributed by atoms with Crippen molar-refractivity contribution >= 4 is 23.5 Å². The van der Waals surface area contributed by atoms with E-state index in [4.69, 9.17) is 14.2 Å². The van der Waals surface area contributed by atoms with E-state index in [1.165, 1.54) is 25.1 Å². The molecule has 1 aliphatic carbocycles. The van der Waals surface area contributed by atoms with E-state index >= 15 is 0 Å². The third-order valence-electron chi connectivity index (χ3n) is 7.06. The summed E-state index contributed by atoms with van der Waals surface area (Å²) < 4.78 is 15.7. The standard InChI is InChI=1S/C30H30N6O7.C2H4/c1-19(42-30(38)43-22-8-3-2-4-9-22)41-29(37)25-12-7-13-26(36(39)40)27(25)31-18-20-14-16-21(17-15-20)23-10-5-6-11-24(23)28-32-34-35-33-28;1-2/h5-7,10-17,19,22,31H,2-4,8-9,18H2,1H3,(H,32,33,34,35);1-2H2. The van der Waals surface area contributed by atoms with Gasteiger partial charge in [-0.05, 0) is 53.7 Å². The Labute approximate surface area is 259 Å². The predicted molar refractivity (Wildman–Crippen MR) is 166 cm³/mol. The lowest BCUT2D eigenvalue weighted by atomic mass is 9.98. The lowest BCUT2D eigenvalue weighted by Gasteiger charge is -2.22. The van der Waals surface area contributed by atoms with E-state index < -0.39 is 23.3 Å². The number of carbonyl (C=O) groups excluding carboxylic acids is 2. The van der Waals surface area contributed by atoms with Crippen molar-refractivity contribution in [2.24, 2.45) is 0 Å². The molecule has 0 bridgehead atoms. The SMILES string of the molecule is C=C.CC(OC(=O)OC1CCCCC1)OC(=O)c1cccc([N+](=O)[O-])c1NCc1ccc(-c2ccccc2-c2nn[nH]n2)cc1. The molecule has 1 unspecified atom stereocenters. The number of para-hydroxylation sites is 1. The van der Waals surface area contributed by atoms with Gasteiger partial charge in [-0.3, -0.25) is 10.1 Å². The average Bonchev–Trinajstić information content (AvgIpc) is 3.60. The van der Waals surface area contributed by atoms with Gasteiger partial charge in [0, 0.05) is 25.1 Å². The smallest absolute Gasteiger partial charge is 0.431 e. The second-order valence-electron chi connectivity index (χ2n) is 10.0. The first kappa shape index (κ1) is 32.3. The van der Waals surface area contributed by atoms with Gasteiger partial charge in [-0.15, -0.1) is 23.4 Å². The highest BCUT2D eigenvalue weighted by Crippen LogP contribution is 2.32. The molecule has 0 aliphatic heterocycles. The number of hydrogen-bond acceptors (Lipinski definition) is 11. The number of hydrogen-bond donors (Lipinski definition) is 2. The minimum atomic E-state index is -1.27. The van der Waals surface area contributed by atoms with Gasteiger partial charge in [-0.25, -0.2) is 9.59 Å². The zero-order valence-electron chi connectivity index (χ0n) is 24.8. The summed E-state index contributed by atoms with van der Waals surface area (Å²) >= 11 is 0. The highest BCUT2D eigenvalue weighted by molar-refractivity contribution is 5.98. The summed E-state index contributed by atoms with van der Waals surface area (Å²) in [5.74, 6) is -0.421. The summed E-state index contributed by atoms with van der Waals surface area (Å²) in [5, 5.41) is 29.1. The van der Waals surface area contributed by atoms with Gasteiger partial charge in [-0.1, -0.05) is 61.0 Å². The zero-order chi connectivity index (χ0) is 32.2. The van der Waals surface area contributed by atoms with Crippen LogP contribution in [0.2, 0.25) is 0 Å². The Balaban J connectivity index is 0.00000226. The molecule has 1 saturated carbocycles. The predicted octanol–water partition coefficient (Wildman–Crippen LogP) is 6.84. The van der Waals surface area contributed by atoms with Crippen LogP contribution in [0.1, 0.15) is 54.9 Å². The van der Waals surface area contributed by atoms with Crippen LogP contribution in [0.4, 0.5) is 16.2 Å². The lowest BCUT2D eigenvalue weighted by Crippen LogP contribution is -2.27. The van der Waals surface area contributed by atoms with Crippen molar-refractivity contribution in [1.82, 2.24) is 20.6 Å². The Bertz CT molecular complexity index is 1590. The molecule has 0 radical (unpaired) electrons. The maximum atomic E-state index is 13.0. The first-order valence-electron chi connectivity index (χ1n) is 14.4. The number of tetrazole rings is 1. The molecule has 1 heterocycles. The molecule has 2 N–H and O–H groups in total. The van der Waals surface area contributed by atoms with E-state index in [0.29, 0.717) is 5.82 Å². The highest BCUT2D eigenvalue weighted by Gasteiger charge is 2.26. The van der Waals surface area contributed by atoms with E-state index in [1.54, 1.807) is 0 Å². The number of nitrogens with zero attached hydrogens (tertiary/aromatic N) is 4. The Kier molecular flexibility index (Phi) is 11.3. The number of aromatic amines is 1. The van der Waals surface area contributed by atoms with Gasteiger partial charge in [0.15, 0.2) is 0 Å². The number of nitro groups is 1. The van der Waals surface area contributed by atoms with Gasteiger partial charge in [0.2, 0.25) is 12.1 Å². The topological polar surface area (TPSA) is 171 Å². The summed E-state index contributed by atoms with van der Waals surface area (Å²) in [6.45, 7) is 7.56. The lowest BCUT2D eigenvalue weighted by molar-refractivity contribution is -0.384. The van der Waals surface area contributed by atoms with Crippen molar-refractivity contribution in [3.05, 3.63) is 101 Å². The zero-order valence-corrected chi connectivity index (χ0v) is 24.8. The van der Waals surface area contributed by atoms with Gasteiger partial charge in [0.25, 0.3) is 5.69 Å². The molecule has 1 aliphatic rings. The Morgan fingerprint density at radius 3 is 2.38 bits per heavy atom. The minimum Gasteiger partial charge on any atom is -0.431 e. The molecular weight excluding hydrogens is 580 g/mol. The summed E-state index contributed by atoms with van der Waals surface area (Å²) in [4.78, 5) is 36.4. The third-order valence-corrected chi connectivity index (χ3v) is 7.06. The monoisotopic (exact) mass is 614 g/mol. The largest absolute Gasteiger partial charge is 0.511 e. The second-order valence-corrected chi connectivity index (χ2v) is 10.0. The quantitative estimate of drug-likeness (QED) is 0.0629. The molecule has 0 spiro atoms. The van der Waals surface area contributed by atoms with E-state index in [9.17, 15) is 19.7 Å². The van der Waals surface area contributed by atoms with Crippen molar-refractivity contribution in [3.8, 4) is 22.5 Å². The van der Waals surface area contributed by atoms with Crippen molar-refractivity contribution in [2.75, 3.05) is 5.32 Å². The molecule has 0 saturated heterocycles. The maximum absolute atomic E-state index is 13.0. The number of H-pyrrole nitrogens is 1. The van der Waals surface area contributed by atoms with Crippen LogP contribution in [0, 0.1) is 10.1 Å². The van der Waals surface area contributed by atoms with Gasteiger partial charge in [-0.2, -0.15) is 5.21 Å². The number of nitro benzene ring substituents is 1. The fourth-order valence-corrected chi connectivity index (χ4v) is 4.97. The van der Waals surface area contributed by atoms with Crippen LogP contribution < -0.4 is 5.32 Å². The molecule has 1 fully saturated rings. The first-order valence-corrected chi connectivity index (χ1v) is 14.4. The number of aromatic nitrogens is 4. The molecule has 13 nitrogen and oxygen atoms in total.